The number of anilines is 1. The highest BCUT2D eigenvalue weighted by Gasteiger charge is 2.19. The summed E-state index contributed by atoms with van der Waals surface area (Å²) in [6, 6.07) is 0. The van der Waals surface area contributed by atoms with Crippen LogP contribution in [0.1, 0.15) is 5.56 Å². The van der Waals surface area contributed by atoms with E-state index in [1.54, 1.807) is 18.0 Å². The summed E-state index contributed by atoms with van der Waals surface area (Å²) < 4.78 is 1.88. The summed E-state index contributed by atoms with van der Waals surface area (Å²) >= 11 is 1.59. The second-order valence-corrected chi connectivity index (χ2v) is 6.13. The number of nitrogens with zero attached hydrogens (tertiary/aromatic N) is 7. The smallest absolute Gasteiger partial charge is 0.189 e. The van der Waals surface area contributed by atoms with Crippen LogP contribution >= 0.6 is 11.8 Å². The Hall–Kier alpha value is -1.67. The molecule has 0 atom stereocenters. The zero-order chi connectivity index (χ0) is 15.4. The van der Waals surface area contributed by atoms with Crippen LogP contribution in [-0.4, -0.2) is 68.8 Å². The minimum Gasteiger partial charge on any atom is -0.354 e. The molecule has 0 amide bonds. The van der Waals surface area contributed by atoms with Gasteiger partial charge in [-0.1, -0.05) is 17.0 Å². The van der Waals surface area contributed by atoms with Gasteiger partial charge in [-0.3, -0.25) is 9.58 Å². The number of aromatic nitrogens is 5. The summed E-state index contributed by atoms with van der Waals surface area (Å²) in [6.45, 7) is 8.08. The molecule has 0 aromatic carbocycles. The van der Waals surface area contributed by atoms with Crippen molar-refractivity contribution in [3.63, 3.8) is 0 Å². The Bertz CT molecular complexity index is 593. The summed E-state index contributed by atoms with van der Waals surface area (Å²) in [6.07, 6.45) is 7.56. The largest absolute Gasteiger partial charge is 0.354 e. The van der Waals surface area contributed by atoms with Gasteiger partial charge in [-0.2, -0.15) is 0 Å². The van der Waals surface area contributed by atoms with Crippen LogP contribution in [0.4, 0.5) is 5.82 Å². The van der Waals surface area contributed by atoms with Gasteiger partial charge in [-0.05, 0) is 13.2 Å². The number of hydrogen-bond donors (Lipinski definition) is 0. The minimum atomic E-state index is 0.842. The Morgan fingerprint density at radius 3 is 2.68 bits per heavy atom. The molecule has 1 aliphatic heterocycles. The second kappa shape index (κ2) is 7.06. The van der Waals surface area contributed by atoms with Crippen LogP contribution in [-0.2, 0) is 6.54 Å². The molecule has 0 saturated carbocycles. The Labute approximate surface area is 134 Å². The lowest BCUT2D eigenvalue weighted by Gasteiger charge is -2.35. The zero-order valence-corrected chi connectivity index (χ0v) is 13.8. The maximum absolute atomic E-state index is 4.66. The first-order valence-corrected chi connectivity index (χ1v) is 8.68. The molecule has 0 radical (unpaired) electrons. The van der Waals surface area contributed by atoms with Gasteiger partial charge < -0.3 is 4.90 Å². The molecule has 0 N–H and O–H groups in total. The molecule has 1 aliphatic rings. The quantitative estimate of drug-likeness (QED) is 0.600. The maximum Gasteiger partial charge on any atom is 0.189 e. The van der Waals surface area contributed by atoms with E-state index in [0.717, 1.165) is 55.8 Å². The summed E-state index contributed by atoms with van der Waals surface area (Å²) in [4.78, 5) is 13.8. The van der Waals surface area contributed by atoms with Gasteiger partial charge in [0.2, 0.25) is 0 Å². The van der Waals surface area contributed by atoms with E-state index < -0.39 is 0 Å². The first-order valence-electron chi connectivity index (χ1n) is 7.45. The molecule has 1 fully saturated rings. The van der Waals surface area contributed by atoms with Gasteiger partial charge >= 0.3 is 0 Å². The molecule has 0 aliphatic carbocycles. The minimum absolute atomic E-state index is 0.842. The van der Waals surface area contributed by atoms with Crippen LogP contribution in [0.3, 0.4) is 0 Å². The Morgan fingerprint density at radius 1 is 1.18 bits per heavy atom. The van der Waals surface area contributed by atoms with Crippen LogP contribution in [0.25, 0.3) is 0 Å². The van der Waals surface area contributed by atoms with Crippen molar-refractivity contribution in [1.29, 1.82) is 0 Å². The third-order valence-electron chi connectivity index (χ3n) is 3.89. The molecule has 0 bridgehead atoms. The van der Waals surface area contributed by atoms with E-state index in [0.29, 0.717) is 0 Å². The molecule has 1 saturated heterocycles. The van der Waals surface area contributed by atoms with E-state index in [4.69, 9.17) is 0 Å². The molecule has 2 aromatic heterocycles. The molecule has 0 unspecified atom stereocenters. The highest BCUT2D eigenvalue weighted by molar-refractivity contribution is 7.98. The van der Waals surface area contributed by atoms with Crippen molar-refractivity contribution in [3.05, 3.63) is 24.2 Å². The maximum atomic E-state index is 4.66. The SMILES string of the molecule is CSc1ncc(C)c(N2CCN(CCn3ccnn3)CC2)n1. The van der Waals surface area contributed by atoms with Crippen molar-refractivity contribution in [2.24, 2.45) is 0 Å². The van der Waals surface area contributed by atoms with Crippen molar-refractivity contribution < 1.29 is 0 Å². The highest BCUT2D eigenvalue weighted by Crippen LogP contribution is 2.21. The number of hydrogen-bond acceptors (Lipinski definition) is 7. The number of piperazine rings is 1. The topological polar surface area (TPSA) is 63.0 Å². The summed E-state index contributed by atoms with van der Waals surface area (Å²) in [5.74, 6) is 1.08. The van der Waals surface area contributed by atoms with E-state index >= 15 is 0 Å². The van der Waals surface area contributed by atoms with E-state index in [1.165, 1.54) is 0 Å². The van der Waals surface area contributed by atoms with Gasteiger partial charge in [0.25, 0.3) is 0 Å². The normalized spacial score (nSPS) is 16.2. The lowest BCUT2D eigenvalue weighted by atomic mass is 10.2. The van der Waals surface area contributed by atoms with Gasteiger partial charge in [0.1, 0.15) is 5.82 Å². The van der Waals surface area contributed by atoms with E-state index in [2.05, 4.69) is 37.0 Å². The fourth-order valence-electron chi connectivity index (χ4n) is 2.62. The third-order valence-corrected chi connectivity index (χ3v) is 4.46. The van der Waals surface area contributed by atoms with E-state index in [1.807, 2.05) is 23.3 Å². The van der Waals surface area contributed by atoms with E-state index in [-0.39, 0.29) is 0 Å². The van der Waals surface area contributed by atoms with Crippen molar-refractivity contribution in [2.75, 3.05) is 43.9 Å². The molecule has 3 rings (SSSR count). The number of thioether (sulfide) groups is 1. The lowest BCUT2D eigenvalue weighted by Crippen LogP contribution is -2.47. The average Bonchev–Trinajstić information content (AvgIpc) is 3.07. The van der Waals surface area contributed by atoms with Crippen molar-refractivity contribution in [2.45, 2.75) is 18.6 Å². The average molecular weight is 319 g/mol. The van der Waals surface area contributed by atoms with Crippen molar-refractivity contribution in [1.82, 2.24) is 29.9 Å². The van der Waals surface area contributed by atoms with Crippen LogP contribution in [0.2, 0.25) is 0 Å². The lowest BCUT2D eigenvalue weighted by molar-refractivity contribution is 0.243. The predicted molar refractivity (Wildman–Crippen MR) is 87.2 cm³/mol. The molecule has 7 nitrogen and oxygen atoms in total. The Balaban J connectivity index is 1.55. The third kappa shape index (κ3) is 3.56. The van der Waals surface area contributed by atoms with Crippen molar-refractivity contribution in [3.8, 4) is 0 Å². The van der Waals surface area contributed by atoms with Crippen LogP contribution < -0.4 is 4.90 Å². The molecule has 22 heavy (non-hydrogen) atoms. The fraction of sp³-hybridized carbons (Fsp3) is 0.571. The predicted octanol–water partition coefficient (Wildman–Crippen LogP) is 0.921. The second-order valence-electron chi connectivity index (χ2n) is 5.36. The summed E-state index contributed by atoms with van der Waals surface area (Å²) in [5, 5.41) is 8.68. The fourth-order valence-corrected chi connectivity index (χ4v) is 2.95. The van der Waals surface area contributed by atoms with Crippen LogP contribution in [0.5, 0.6) is 0 Å². The first kappa shape index (κ1) is 15.2. The number of rotatable bonds is 5. The van der Waals surface area contributed by atoms with Gasteiger partial charge in [-0.15, -0.1) is 5.10 Å². The molecule has 118 valence electrons. The summed E-state index contributed by atoms with van der Waals surface area (Å²) in [5.41, 5.74) is 1.15. The summed E-state index contributed by atoms with van der Waals surface area (Å²) in [7, 11) is 0. The zero-order valence-electron chi connectivity index (χ0n) is 13.0. The Kier molecular flexibility index (Phi) is 4.89. The van der Waals surface area contributed by atoms with Crippen molar-refractivity contribution >= 4 is 17.6 Å². The standard InChI is InChI=1S/C14H21N7S/c1-12-11-15-14(22-2)17-13(12)20-8-5-19(6-9-20)7-10-21-4-3-16-18-21/h3-4,11H,5-10H2,1-2H3. The van der Waals surface area contributed by atoms with Crippen LogP contribution in [0, 0.1) is 6.92 Å². The van der Waals surface area contributed by atoms with Gasteiger partial charge in [0.05, 0.1) is 12.7 Å². The van der Waals surface area contributed by atoms with Gasteiger partial charge in [-0.25, -0.2) is 9.97 Å². The molecular weight excluding hydrogens is 298 g/mol. The molecule has 3 heterocycles. The van der Waals surface area contributed by atoms with Gasteiger partial charge in [0.15, 0.2) is 5.16 Å². The molecular formula is C14H21N7S. The first-order chi connectivity index (χ1) is 10.8. The highest BCUT2D eigenvalue weighted by atomic mass is 32.2. The monoisotopic (exact) mass is 319 g/mol. The molecule has 8 heteroatoms. The molecule has 2 aromatic rings. The molecule has 0 spiro atoms. The Morgan fingerprint density at radius 2 is 2.00 bits per heavy atom. The number of aryl methyl sites for hydroxylation is 1. The van der Waals surface area contributed by atoms with Crippen LogP contribution in [0.15, 0.2) is 23.7 Å². The van der Waals surface area contributed by atoms with E-state index in [9.17, 15) is 0 Å². The van der Waals surface area contributed by atoms with Gasteiger partial charge in [0, 0.05) is 50.7 Å².